The number of aromatic nitrogens is 4. The normalized spacial score (nSPS) is 24.0. The number of amides is 1. The van der Waals surface area contributed by atoms with Crippen LogP contribution in [0.1, 0.15) is 48.9 Å². The number of hydrogen-bond donors (Lipinski definition) is 1. The van der Waals surface area contributed by atoms with E-state index in [-0.39, 0.29) is 23.2 Å². The zero-order valence-corrected chi connectivity index (χ0v) is 27.0. The molecule has 4 aliphatic rings. The standard InChI is InChI=1S/C33H41N7O4S/c1-37-30-24(14-22(16-27(30)44-2)33(41)40-18-21-6-8-25(40)29(21)34)35-32(37)26-15-20-7-9-28(36-31(20)39(26)17-19-4-5-19)38-12-10-23(11-13-38)45(3,42)43/h7,9,14-16,19,21,23,25,29H,4-6,8,10-13,17-18,34H2,1-3H3/t21?,25?,29-/m1/s1. The number of anilines is 1. The average Bonchev–Trinajstić information content (AvgIpc) is 3.44. The van der Waals surface area contributed by atoms with Crippen molar-refractivity contribution in [2.45, 2.75) is 62.4 Å². The van der Waals surface area contributed by atoms with E-state index in [2.05, 4.69) is 26.2 Å². The second-order valence-electron chi connectivity index (χ2n) is 13.7. The molecular formula is C33H41N7O4S. The maximum absolute atomic E-state index is 13.7. The summed E-state index contributed by atoms with van der Waals surface area (Å²) in [7, 11) is 0.595. The number of rotatable bonds is 7. The molecule has 2 saturated carbocycles. The highest BCUT2D eigenvalue weighted by molar-refractivity contribution is 7.91. The van der Waals surface area contributed by atoms with Crippen LogP contribution in [0.25, 0.3) is 33.6 Å². The summed E-state index contributed by atoms with van der Waals surface area (Å²) in [6.45, 7) is 2.91. The van der Waals surface area contributed by atoms with Crippen LogP contribution in [0.4, 0.5) is 5.82 Å². The predicted octanol–water partition coefficient (Wildman–Crippen LogP) is 3.58. The highest BCUT2D eigenvalue weighted by Gasteiger charge is 2.47. The van der Waals surface area contributed by atoms with E-state index in [1.54, 1.807) is 7.11 Å². The number of ether oxygens (including phenoxy) is 1. The van der Waals surface area contributed by atoms with Crippen LogP contribution in [0.5, 0.6) is 5.75 Å². The molecular weight excluding hydrogens is 590 g/mol. The molecule has 2 saturated heterocycles. The van der Waals surface area contributed by atoms with Gasteiger partial charge in [-0.05, 0) is 80.7 Å². The van der Waals surface area contributed by atoms with E-state index in [4.69, 9.17) is 20.4 Å². The number of nitrogens with zero attached hydrogens (tertiary/aromatic N) is 6. The van der Waals surface area contributed by atoms with Gasteiger partial charge in [0.25, 0.3) is 5.91 Å². The van der Waals surface area contributed by atoms with Gasteiger partial charge in [-0.1, -0.05) is 0 Å². The average molecular weight is 632 g/mol. The highest BCUT2D eigenvalue weighted by atomic mass is 32.2. The fraction of sp³-hybridized carbons (Fsp3) is 0.545. The summed E-state index contributed by atoms with van der Waals surface area (Å²) in [6.07, 6.45) is 7.02. The molecule has 3 aromatic heterocycles. The Bertz CT molecular complexity index is 1940. The second kappa shape index (κ2) is 10.4. The van der Waals surface area contributed by atoms with E-state index in [9.17, 15) is 13.2 Å². The minimum absolute atomic E-state index is 0.00908. The molecule has 4 fully saturated rings. The summed E-state index contributed by atoms with van der Waals surface area (Å²) in [5, 5.41) is 0.756. The van der Waals surface area contributed by atoms with Gasteiger partial charge in [0.05, 0.1) is 23.6 Å². The van der Waals surface area contributed by atoms with Gasteiger partial charge in [-0.3, -0.25) is 4.79 Å². The molecule has 1 aromatic carbocycles. The van der Waals surface area contributed by atoms with Crippen LogP contribution in [0.15, 0.2) is 30.3 Å². The fourth-order valence-electron chi connectivity index (χ4n) is 8.00. The Morgan fingerprint density at radius 1 is 1.04 bits per heavy atom. The van der Waals surface area contributed by atoms with Crippen molar-refractivity contribution < 1.29 is 17.9 Å². The predicted molar refractivity (Wildman–Crippen MR) is 174 cm³/mol. The molecule has 5 heterocycles. The molecule has 1 amide bonds. The first-order valence-corrected chi connectivity index (χ1v) is 18.1. The molecule has 11 nitrogen and oxygen atoms in total. The first-order valence-electron chi connectivity index (χ1n) is 16.2. The monoisotopic (exact) mass is 631 g/mol. The number of fused-ring (bicyclic) bond motifs is 4. The Hall–Kier alpha value is -3.64. The maximum atomic E-state index is 13.7. The van der Waals surface area contributed by atoms with Crippen molar-refractivity contribution in [3.63, 3.8) is 0 Å². The summed E-state index contributed by atoms with van der Waals surface area (Å²) in [6, 6.07) is 10.2. The molecule has 2 N–H and O–H groups in total. The Morgan fingerprint density at radius 3 is 2.47 bits per heavy atom. The zero-order chi connectivity index (χ0) is 31.2. The van der Waals surface area contributed by atoms with Crippen molar-refractivity contribution in [1.82, 2.24) is 24.0 Å². The molecule has 2 aliphatic carbocycles. The van der Waals surface area contributed by atoms with Crippen LogP contribution in [0.2, 0.25) is 0 Å². The third-order valence-electron chi connectivity index (χ3n) is 10.8. The number of nitrogens with two attached hydrogens (primary N) is 1. The molecule has 2 unspecified atom stereocenters. The van der Waals surface area contributed by atoms with E-state index in [0.717, 1.165) is 58.8 Å². The lowest BCUT2D eigenvalue weighted by atomic mass is 10.1. The van der Waals surface area contributed by atoms with Gasteiger partial charge >= 0.3 is 0 Å². The lowest BCUT2D eigenvalue weighted by Crippen LogP contribution is -2.41. The Morgan fingerprint density at radius 2 is 1.82 bits per heavy atom. The summed E-state index contributed by atoms with van der Waals surface area (Å²) >= 11 is 0. The van der Waals surface area contributed by atoms with Gasteiger partial charge in [-0.15, -0.1) is 0 Å². The highest BCUT2D eigenvalue weighted by Crippen LogP contribution is 2.40. The van der Waals surface area contributed by atoms with Gasteiger partial charge in [0, 0.05) is 62.5 Å². The van der Waals surface area contributed by atoms with E-state index >= 15 is 0 Å². The van der Waals surface area contributed by atoms with Gasteiger partial charge in [0.1, 0.15) is 32.6 Å². The molecule has 4 aromatic rings. The summed E-state index contributed by atoms with van der Waals surface area (Å²) in [5.74, 6) is 3.27. The third kappa shape index (κ3) is 4.79. The van der Waals surface area contributed by atoms with Gasteiger partial charge < -0.3 is 29.4 Å². The minimum atomic E-state index is -3.04. The smallest absolute Gasteiger partial charge is 0.254 e. The third-order valence-corrected chi connectivity index (χ3v) is 12.5. The number of sulfone groups is 1. The van der Waals surface area contributed by atoms with Crippen LogP contribution in [-0.4, -0.2) is 88.7 Å². The Kier molecular flexibility index (Phi) is 6.69. The van der Waals surface area contributed by atoms with Crippen LogP contribution in [0.3, 0.4) is 0 Å². The van der Waals surface area contributed by atoms with Gasteiger partial charge in [-0.25, -0.2) is 18.4 Å². The molecule has 2 aliphatic heterocycles. The number of piperidine rings is 2. The first kappa shape index (κ1) is 28.8. The van der Waals surface area contributed by atoms with E-state index in [1.807, 2.05) is 30.1 Å². The van der Waals surface area contributed by atoms with Crippen molar-refractivity contribution in [3.05, 3.63) is 35.9 Å². The van der Waals surface area contributed by atoms with Crippen LogP contribution < -0.4 is 15.4 Å². The molecule has 2 bridgehead atoms. The summed E-state index contributed by atoms with van der Waals surface area (Å²) < 4.78 is 34.4. The van der Waals surface area contributed by atoms with Crippen LogP contribution in [-0.2, 0) is 23.4 Å². The molecule has 0 spiro atoms. The summed E-state index contributed by atoms with van der Waals surface area (Å²) in [4.78, 5) is 28.1. The quantitative estimate of drug-likeness (QED) is 0.328. The molecule has 8 rings (SSSR count). The molecule has 238 valence electrons. The largest absolute Gasteiger partial charge is 0.494 e. The summed E-state index contributed by atoms with van der Waals surface area (Å²) in [5.41, 5.74) is 10.4. The molecule has 0 radical (unpaired) electrons. The number of pyridine rings is 1. The number of imidazole rings is 1. The number of carbonyl (C=O) groups is 1. The zero-order valence-electron chi connectivity index (χ0n) is 26.1. The lowest BCUT2D eigenvalue weighted by Gasteiger charge is -2.32. The number of carbonyl (C=O) groups excluding carboxylic acids is 1. The van der Waals surface area contributed by atoms with Crippen molar-refractivity contribution in [2.24, 2.45) is 24.6 Å². The first-order chi connectivity index (χ1) is 21.6. The number of aryl methyl sites for hydroxylation is 1. The maximum Gasteiger partial charge on any atom is 0.254 e. The van der Waals surface area contributed by atoms with E-state index in [1.165, 1.54) is 19.1 Å². The van der Waals surface area contributed by atoms with Gasteiger partial charge in [0.15, 0.2) is 5.82 Å². The van der Waals surface area contributed by atoms with Gasteiger partial charge in [0.2, 0.25) is 0 Å². The topological polar surface area (TPSA) is 129 Å². The lowest BCUT2D eigenvalue weighted by molar-refractivity contribution is 0.0700. The van der Waals surface area contributed by atoms with Crippen LogP contribution >= 0.6 is 0 Å². The Balaban J connectivity index is 1.17. The number of likely N-dealkylation sites (tertiary alicyclic amines) is 1. The van der Waals surface area contributed by atoms with Crippen molar-refractivity contribution >= 4 is 43.6 Å². The Labute approximate surface area is 263 Å². The van der Waals surface area contributed by atoms with E-state index < -0.39 is 9.84 Å². The van der Waals surface area contributed by atoms with Crippen molar-refractivity contribution in [2.75, 3.05) is 37.9 Å². The van der Waals surface area contributed by atoms with E-state index in [0.29, 0.717) is 55.6 Å². The van der Waals surface area contributed by atoms with Crippen molar-refractivity contribution in [3.8, 4) is 17.3 Å². The molecule has 45 heavy (non-hydrogen) atoms. The number of benzene rings is 1. The van der Waals surface area contributed by atoms with Crippen LogP contribution in [0, 0.1) is 11.8 Å². The molecule has 3 atom stereocenters. The fourth-order valence-corrected chi connectivity index (χ4v) is 9.07. The second-order valence-corrected chi connectivity index (χ2v) is 16.0. The van der Waals surface area contributed by atoms with Gasteiger partial charge in [-0.2, -0.15) is 0 Å². The number of hydrogen-bond acceptors (Lipinski definition) is 8. The number of methoxy groups -OCH3 is 1. The molecule has 12 heteroatoms. The minimum Gasteiger partial charge on any atom is -0.494 e. The van der Waals surface area contributed by atoms with Crippen molar-refractivity contribution in [1.29, 1.82) is 0 Å². The SMILES string of the molecule is COc1cc(C(=O)N2CC3CCC2[C@@H]3N)cc2nc(-c3cc4ccc(N5CCC(S(C)(=O)=O)CC5)nc4n3CC3CC3)n(C)c12.